The zero-order valence-electron chi connectivity index (χ0n) is 13.8. The highest BCUT2D eigenvalue weighted by molar-refractivity contribution is 5.62. The molecule has 3 N–H and O–H groups in total. The summed E-state index contributed by atoms with van der Waals surface area (Å²) >= 11 is 0. The van der Waals surface area contributed by atoms with Gasteiger partial charge in [-0.15, -0.1) is 5.10 Å². The maximum atomic E-state index is 9.04. The quantitative estimate of drug-likeness (QED) is 0.754. The molecule has 0 bridgehead atoms. The van der Waals surface area contributed by atoms with E-state index >= 15 is 0 Å². The van der Waals surface area contributed by atoms with Gasteiger partial charge in [0.2, 0.25) is 5.95 Å². The molecule has 1 saturated heterocycles. The Morgan fingerprint density at radius 1 is 1.38 bits per heavy atom. The number of pyridine rings is 1. The van der Waals surface area contributed by atoms with Crippen LogP contribution in [0.25, 0.3) is 16.9 Å². The minimum atomic E-state index is -0.248. The minimum absolute atomic E-state index is 0.240. The lowest BCUT2D eigenvalue weighted by molar-refractivity contribution is 0.160. The van der Waals surface area contributed by atoms with Gasteiger partial charge in [-0.2, -0.15) is 15.3 Å². The molecular weight excluding hydrogens is 304 g/mol. The van der Waals surface area contributed by atoms with Gasteiger partial charge >= 0.3 is 0 Å². The van der Waals surface area contributed by atoms with E-state index in [2.05, 4.69) is 26.6 Å². The van der Waals surface area contributed by atoms with Gasteiger partial charge in [0.15, 0.2) is 5.65 Å². The third-order valence-corrected chi connectivity index (χ3v) is 4.06. The number of hydrogen-bond acceptors (Lipinski definition) is 6. The van der Waals surface area contributed by atoms with Gasteiger partial charge in [-0.25, -0.2) is 4.52 Å². The zero-order chi connectivity index (χ0) is 17.2. The Morgan fingerprint density at radius 3 is 2.83 bits per heavy atom. The normalized spacial score (nSPS) is 15.2. The molecule has 1 fully saturated rings. The molecular formula is C16H20N8. The lowest BCUT2D eigenvalue weighted by Gasteiger charge is -2.41. The maximum Gasteiger partial charge on any atom is 0.240 e. The van der Waals surface area contributed by atoms with E-state index in [1.54, 1.807) is 10.7 Å². The molecule has 0 spiro atoms. The van der Waals surface area contributed by atoms with Gasteiger partial charge in [0.05, 0.1) is 24.4 Å². The summed E-state index contributed by atoms with van der Waals surface area (Å²) in [4.78, 5) is 4.16. The van der Waals surface area contributed by atoms with Crippen LogP contribution in [0.15, 0.2) is 30.6 Å². The Balaban J connectivity index is 0.000000815. The predicted molar refractivity (Wildman–Crippen MR) is 91.0 cm³/mol. The monoisotopic (exact) mass is 324 g/mol. The van der Waals surface area contributed by atoms with E-state index in [0.29, 0.717) is 12.1 Å². The van der Waals surface area contributed by atoms with E-state index in [9.17, 15) is 0 Å². The van der Waals surface area contributed by atoms with Crippen molar-refractivity contribution in [2.24, 2.45) is 0 Å². The molecule has 1 aliphatic rings. The van der Waals surface area contributed by atoms with Crippen LogP contribution in [0.3, 0.4) is 0 Å². The Labute approximate surface area is 139 Å². The van der Waals surface area contributed by atoms with Crippen molar-refractivity contribution in [3.8, 4) is 17.3 Å². The molecule has 8 nitrogen and oxygen atoms in total. The van der Waals surface area contributed by atoms with E-state index in [-0.39, 0.29) is 11.5 Å². The molecule has 0 amide bonds. The second kappa shape index (κ2) is 6.29. The van der Waals surface area contributed by atoms with Gasteiger partial charge in [0, 0.05) is 24.8 Å². The summed E-state index contributed by atoms with van der Waals surface area (Å²) in [5.74, 6) is 0.240. The summed E-state index contributed by atoms with van der Waals surface area (Å²) in [5.41, 5.74) is 7.90. The Morgan fingerprint density at radius 2 is 2.17 bits per heavy atom. The summed E-state index contributed by atoms with van der Waals surface area (Å²) in [7, 11) is 0. The molecule has 8 heteroatoms. The van der Waals surface area contributed by atoms with E-state index in [1.165, 1.54) is 0 Å². The molecule has 124 valence electrons. The first-order chi connectivity index (χ1) is 11.7. The predicted octanol–water partition coefficient (Wildman–Crippen LogP) is 1.41. The summed E-state index contributed by atoms with van der Waals surface area (Å²) in [6.45, 7) is 5.50. The van der Waals surface area contributed by atoms with Crippen molar-refractivity contribution in [1.82, 2.24) is 29.7 Å². The van der Waals surface area contributed by atoms with Crippen molar-refractivity contribution in [3.05, 3.63) is 30.6 Å². The molecule has 0 radical (unpaired) electrons. The van der Waals surface area contributed by atoms with Gasteiger partial charge in [0.1, 0.15) is 5.54 Å². The highest BCUT2D eigenvalue weighted by Gasteiger charge is 2.39. The highest BCUT2D eigenvalue weighted by Crippen LogP contribution is 2.28. The maximum absolute atomic E-state index is 9.04. The van der Waals surface area contributed by atoms with Crippen LogP contribution in [0.1, 0.15) is 20.3 Å². The summed E-state index contributed by atoms with van der Waals surface area (Å²) in [6, 6.07) is 7.95. The number of nitrogen functional groups attached to an aromatic ring is 1. The average Bonchev–Trinajstić information content (AvgIpc) is 3.18. The smallest absolute Gasteiger partial charge is 0.240 e. The Kier molecular flexibility index (Phi) is 4.18. The molecule has 3 aromatic heterocycles. The van der Waals surface area contributed by atoms with Crippen LogP contribution < -0.4 is 11.1 Å². The highest BCUT2D eigenvalue weighted by atomic mass is 15.4. The van der Waals surface area contributed by atoms with Crippen molar-refractivity contribution >= 4 is 11.6 Å². The van der Waals surface area contributed by atoms with Crippen LogP contribution >= 0.6 is 0 Å². The molecule has 1 aliphatic heterocycles. The number of fused-ring (bicyclic) bond motifs is 1. The van der Waals surface area contributed by atoms with Crippen LogP contribution in [0, 0.1) is 11.3 Å². The largest absolute Gasteiger partial charge is 0.366 e. The fourth-order valence-corrected chi connectivity index (χ4v) is 2.78. The van der Waals surface area contributed by atoms with Crippen molar-refractivity contribution in [2.45, 2.75) is 25.8 Å². The summed E-state index contributed by atoms with van der Waals surface area (Å²) in [6.07, 6.45) is 4.16. The Hall–Kier alpha value is -2.92. The third kappa shape index (κ3) is 2.49. The molecule has 0 atom stereocenters. The van der Waals surface area contributed by atoms with Crippen molar-refractivity contribution in [3.63, 3.8) is 0 Å². The SMILES string of the molecule is CC.N#CCC1(n2cc(-c3cccc4nc(N)nn34)cn2)CNC1. The molecule has 0 aliphatic carbocycles. The summed E-state index contributed by atoms with van der Waals surface area (Å²) in [5, 5.41) is 20.9. The third-order valence-electron chi connectivity index (χ3n) is 4.06. The van der Waals surface area contributed by atoms with Gasteiger partial charge in [-0.1, -0.05) is 19.9 Å². The topological polar surface area (TPSA) is 110 Å². The minimum Gasteiger partial charge on any atom is -0.366 e. The number of nitriles is 1. The molecule has 4 rings (SSSR count). The number of anilines is 1. The van der Waals surface area contributed by atoms with E-state index in [0.717, 1.165) is 24.3 Å². The molecule has 0 unspecified atom stereocenters. The number of nitrogens with two attached hydrogens (primary N) is 1. The van der Waals surface area contributed by atoms with Crippen LogP contribution in [0.2, 0.25) is 0 Å². The second-order valence-corrected chi connectivity index (χ2v) is 5.49. The summed E-state index contributed by atoms with van der Waals surface area (Å²) < 4.78 is 3.58. The number of aromatic nitrogens is 5. The number of nitrogens with one attached hydrogen (secondary N) is 1. The first-order valence-electron chi connectivity index (χ1n) is 7.96. The number of hydrogen-bond donors (Lipinski definition) is 2. The second-order valence-electron chi connectivity index (χ2n) is 5.49. The molecule has 24 heavy (non-hydrogen) atoms. The Bertz CT molecular complexity index is 881. The zero-order valence-corrected chi connectivity index (χ0v) is 13.8. The lowest BCUT2D eigenvalue weighted by atomic mass is 9.89. The molecule has 3 aromatic rings. The molecule has 0 saturated carbocycles. The van der Waals surface area contributed by atoms with E-state index < -0.39 is 0 Å². The number of rotatable bonds is 3. The van der Waals surface area contributed by atoms with Crippen LogP contribution in [-0.4, -0.2) is 37.5 Å². The van der Waals surface area contributed by atoms with Gasteiger partial charge in [-0.05, 0) is 12.1 Å². The van der Waals surface area contributed by atoms with E-state index in [1.807, 2.05) is 42.9 Å². The lowest BCUT2D eigenvalue weighted by Crippen LogP contribution is -2.60. The average molecular weight is 324 g/mol. The number of nitrogens with zero attached hydrogens (tertiary/aromatic N) is 6. The van der Waals surface area contributed by atoms with Gasteiger partial charge in [0.25, 0.3) is 0 Å². The fraction of sp³-hybridized carbons (Fsp3) is 0.375. The van der Waals surface area contributed by atoms with E-state index in [4.69, 9.17) is 11.0 Å². The van der Waals surface area contributed by atoms with Crippen LogP contribution in [-0.2, 0) is 5.54 Å². The van der Waals surface area contributed by atoms with Crippen molar-refractivity contribution < 1.29 is 0 Å². The van der Waals surface area contributed by atoms with Crippen LogP contribution in [0.5, 0.6) is 0 Å². The standard InChI is InChI=1S/C14H14N8.C2H6/c15-5-4-14(8-17-9-14)21-7-10(6-18-21)11-2-1-3-12-19-13(16)20-22(11)12;1-2/h1-3,6-7,17H,4,8-9H2,(H2,16,20);1-2H3. The first kappa shape index (κ1) is 16.0. The van der Waals surface area contributed by atoms with Crippen molar-refractivity contribution in [2.75, 3.05) is 18.8 Å². The van der Waals surface area contributed by atoms with Crippen molar-refractivity contribution in [1.29, 1.82) is 5.26 Å². The van der Waals surface area contributed by atoms with Crippen LogP contribution in [0.4, 0.5) is 5.95 Å². The first-order valence-corrected chi connectivity index (χ1v) is 7.96. The molecule has 0 aromatic carbocycles. The van der Waals surface area contributed by atoms with Gasteiger partial charge in [-0.3, -0.25) is 4.68 Å². The van der Waals surface area contributed by atoms with Gasteiger partial charge < -0.3 is 11.1 Å². The fourth-order valence-electron chi connectivity index (χ4n) is 2.78. The molecule has 4 heterocycles.